The summed E-state index contributed by atoms with van der Waals surface area (Å²) in [6.45, 7) is 0.870. The van der Waals surface area contributed by atoms with E-state index in [-0.39, 0.29) is 12.0 Å². The van der Waals surface area contributed by atoms with Crippen LogP contribution in [0.3, 0.4) is 0 Å². The molecule has 26 heavy (non-hydrogen) atoms. The molecular weight excluding hydrogens is 332 g/mol. The maximum Gasteiger partial charge on any atom is 0.234 e. The molecule has 0 unspecified atom stereocenters. The van der Waals surface area contributed by atoms with Crippen molar-refractivity contribution in [2.75, 3.05) is 27.8 Å². The number of amides is 1. The molecule has 2 atom stereocenters. The van der Waals surface area contributed by atoms with E-state index in [1.54, 1.807) is 14.2 Å². The Hall–Kier alpha value is -1.79. The highest BCUT2D eigenvalue weighted by Crippen LogP contribution is 2.45. The van der Waals surface area contributed by atoms with Gasteiger partial charge in [0, 0.05) is 12.6 Å². The Balaban J connectivity index is 1.46. The first kappa shape index (κ1) is 19.0. The number of rotatable bonds is 7. The van der Waals surface area contributed by atoms with E-state index in [2.05, 4.69) is 10.2 Å². The van der Waals surface area contributed by atoms with Gasteiger partial charge in [-0.2, -0.15) is 0 Å². The van der Waals surface area contributed by atoms with E-state index in [1.807, 2.05) is 25.2 Å². The maximum absolute atomic E-state index is 12.3. The molecule has 0 radical (unpaired) electrons. The average Bonchev–Trinajstić information content (AvgIpc) is 3.17. The molecule has 2 fully saturated rings. The highest BCUT2D eigenvalue weighted by Gasteiger charge is 2.42. The second kappa shape index (κ2) is 8.27. The molecule has 2 aliphatic rings. The largest absolute Gasteiger partial charge is 0.493 e. The molecule has 0 aliphatic heterocycles. The zero-order valence-corrected chi connectivity index (χ0v) is 15.9. The van der Waals surface area contributed by atoms with Crippen LogP contribution in [0.15, 0.2) is 18.2 Å². The van der Waals surface area contributed by atoms with Crippen molar-refractivity contribution < 1.29 is 19.4 Å². The highest BCUT2D eigenvalue weighted by atomic mass is 16.5. The van der Waals surface area contributed by atoms with Crippen molar-refractivity contribution in [3.05, 3.63) is 23.8 Å². The summed E-state index contributed by atoms with van der Waals surface area (Å²) in [5.41, 5.74) is 0.975. The maximum atomic E-state index is 12.3. The normalized spacial score (nSPS) is 23.3. The molecule has 1 aromatic rings. The lowest BCUT2D eigenvalue weighted by atomic mass is 10.0. The number of hydrogen-bond acceptors (Lipinski definition) is 5. The van der Waals surface area contributed by atoms with Crippen molar-refractivity contribution in [2.24, 2.45) is 11.8 Å². The second-order valence-corrected chi connectivity index (χ2v) is 7.65. The number of benzene rings is 1. The summed E-state index contributed by atoms with van der Waals surface area (Å²) in [5, 5.41) is 12.7. The predicted molar refractivity (Wildman–Crippen MR) is 99.3 cm³/mol. The van der Waals surface area contributed by atoms with E-state index in [4.69, 9.17) is 9.47 Å². The number of methoxy groups -OCH3 is 2. The number of aliphatic hydroxyl groups excluding tert-OH is 1. The van der Waals surface area contributed by atoms with Gasteiger partial charge in [0.25, 0.3) is 0 Å². The van der Waals surface area contributed by atoms with Crippen LogP contribution in [0, 0.1) is 11.8 Å². The van der Waals surface area contributed by atoms with E-state index in [9.17, 15) is 9.90 Å². The lowest BCUT2D eigenvalue weighted by molar-refractivity contribution is -0.122. The third kappa shape index (κ3) is 4.30. The van der Waals surface area contributed by atoms with Gasteiger partial charge in [0.05, 0.1) is 26.9 Å². The number of carbonyl (C=O) groups excluding carboxylic acids is 1. The molecule has 0 spiro atoms. The van der Waals surface area contributed by atoms with Gasteiger partial charge in [-0.25, -0.2) is 0 Å². The molecule has 6 heteroatoms. The molecule has 2 N–H and O–H groups in total. The van der Waals surface area contributed by atoms with Crippen molar-refractivity contribution >= 4 is 5.91 Å². The van der Waals surface area contributed by atoms with Gasteiger partial charge in [-0.05, 0) is 62.3 Å². The molecule has 3 rings (SSSR count). The molecule has 6 nitrogen and oxygen atoms in total. The summed E-state index contributed by atoms with van der Waals surface area (Å²) in [6, 6.07) is 6.10. The SMILES string of the molecule is COc1ccc(CNC(=O)CN(C)C2C[C@@H]3CC(O)C[C@H]3C2)cc1OC. The minimum absolute atomic E-state index is 0.0272. The molecule has 144 valence electrons. The predicted octanol–water partition coefficient (Wildman–Crippen LogP) is 1.80. The van der Waals surface area contributed by atoms with Crippen molar-refractivity contribution in [1.29, 1.82) is 0 Å². The Morgan fingerprint density at radius 2 is 1.81 bits per heavy atom. The lowest BCUT2D eigenvalue weighted by Crippen LogP contribution is -2.39. The van der Waals surface area contributed by atoms with Crippen LogP contribution in [-0.4, -0.2) is 55.9 Å². The quantitative estimate of drug-likeness (QED) is 0.774. The second-order valence-electron chi connectivity index (χ2n) is 7.65. The molecule has 1 aromatic carbocycles. The topological polar surface area (TPSA) is 71.0 Å². The van der Waals surface area contributed by atoms with E-state index in [0.717, 1.165) is 31.2 Å². The Labute approximate surface area is 155 Å². The number of nitrogens with zero attached hydrogens (tertiary/aromatic N) is 1. The fourth-order valence-electron chi connectivity index (χ4n) is 4.52. The van der Waals surface area contributed by atoms with Crippen LogP contribution in [0.1, 0.15) is 31.2 Å². The van der Waals surface area contributed by atoms with Crippen LogP contribution in [0.4, 0.5) is 0 Å². The minimum Gasteiger partial charge on any atom is -0.493 e. The van der Waals surface area contributed by atoms with Crippen molar-refractivity contribution in [3.8, 4) is 11.5 Å². The van der Waals surface area contributed by atoms with Crippen LogP contribution in [-0.2, 0) is 11.3 Å². The third-order valence-electron chi connectivity index (χ3n) is 5.92. The summed E-state index contributed by atoms with van der Waals surface area (Å²) in [5.74, 6) is 2.63. The van der Waals surface area contributed by atoms with Crippen LogP contribution in [0.5, 0.6) is 11.5 Å². The van der Waals surface area contributed by atoms with E-state index >= 15 is 0 Å². The third-order valence-corrected chi connectivity index (χ3v) is 5.92. The molecule has 1 amide bonds. The number of ether oxygens (including phenoxy) is 2. The van der Waals surface area contributed by atoms with Gasteiger partial charge >= 0.3 is 0 Å². The van der Waals surface area contributed by atoms with Crippen molar-refractivity contribution in [1.82, 2.24) is 10.2 Å². The van der Waals surface area contributed by atoms with E-state index in [1.165, 1.54) is 0 Å². The molecule has 0 heterocycles. The number of hydrogen-bond donors (Lipinski definition) is 2. The summed E-state index contributed by atoms with van der Waals surface area (Å²) < 4.78 is 10.5. The first-order valence-electron chi connectivity index (χ1n) is 9.36. The van der Waals surface area contributed by atoms with Gasteiger partial charge in [-0.3, -0.25) is 9.69 Å². The van der Waals surface area contributed by atoms with Crippen LogP contribution >= 0.6 is 0 Å². The molecule has 0 bridgehead atoms. The van der Waals surface area contributed by atoms with E-state index in [0.29, 0.717) is 42.5 Å². The van der Waals surface area contributed by atoms with Gasteiger partial charge in [0.2, 0.25) is 5.91 Å². The Bertz CT molecular complexity index is 622. The summed E-state index contributed by atoms with van der Waals surface area (Å²) in [6.07, 6.45) is 3.95. The molecule has 2 aliphatic carbocycles. The number of nitrogens with one attached hydrogen (secondary N) is 1. The molecular formula is C20H30N2O4. The minimum atomic E-state index is -0.110. The molecule has 0 saturated heterocycles. The Kier molecular flexibility index (Phi) is 6.04. The summed E-state index contributed by atoms with van der Waals surface area (Å²) in [4.78, 5) is 14.5. The van der Waals surface area contributed by atoms with Crippen LogP contribution < -0.4 is 14.8 Å². The van der Waals surface area contributed by atoms with Gasteiger partial charge in [-0.15, -0.1) is 0 Å². The first-order chi connectivity index (χ1) is 12.5. The number of fused-ring (bicyclic) bond motifs is 1. The molecule has 0 aromatic heterocycles. The van der Waals surface area contributed by atoms with Crippen molar-refractivity contribution in [3.63, 3.8) is 0 Å². The summed E-state index contributed by atoms with van der Waals surface area (Å²) >= 11 is 0. The fourth-order valence-corrected chi connectivity index (χ4v) is 4.52. The van der Waals surface area contributed by atoms with Gasteiger partial charge in [0.1, 0.15) is 0 Å². The zero-order chi connectivity index (χ0) is 18.7. The Morgan fingerprint density at radius 1 is 1.15 bits per heavy atom. The van der Waals surface area contributed by atoms with Crippen molar-refractivity contribution in [2.45, 2.75) is 44.4 Å². The summed E-state index contributed by atoms with van der Waals surface area (Å²) in [7, 11) is 5.23. The van der Waals surface area contributed by atoms with Gasteiger partial charge < -0.3 is 19.9 Å². The highest BCUT2D eigenvalue weighted by molar-refractivity contribution is 5.78. The number of likely N-dealkylation sites (N-methyl/N-ethyl adjacent to an activating group) is 1. The lowest BCUT2D eigenvalue weighted by Gasteiger charge is -2.24. The monoisotopic (exact) mass is 362 g/mol. The fraction of sp³-hybridized carbons (Fsp3) is 0.650. The number of carbonyl (C=O) groups is 1. The van der Waals surface area contributed by atoms with E-state index < -0.39 is 0 Å². The average molecular weight is 362 g/mol. The standard InChI is InChI=1S/C20H30N2O4/c1-22(16-7-14-9-17(23)10-15(14)8-16)12-20(24)21-11-13-4-5-18(25-2)19(6-13)26-3/h4-6,14-17,23H,7-12H2,1-3H3,(H,21,24)/t14-,15-,16?,17?/m1/s1. The smallest absolute Gasteiger partial charge is 0.234 e. The van der Waals surface area contributed by atoms with Gasteiger partial charge in [0.15, 0.2) is 11.5 Å². The Morgan fingerprint density at radius 3 is 2.42 bits per heavy atom. The zero-order valence-electron chi connectivity index (χ0n) is 15.9. The molecule has 2 saturated carbocycles. The van der Waals surface area contributed by atoms with Crippen LogP contribution in [0.2, 0.25) is 0 Å². The first-order valence-corrected chi connectivity index (χ1v) is 9.36. The van der Waals surface area contributed by atoms with Crippen LogP contribution in [0.25, 0.3) is 0 Å². The number of aliphatic hydroxyl groups is 1. The van der Waals surface area contributed by atoms with Gasteiger partial charge in [-0.1, -0.05) is 6.07 Å².